The fourth-order valence-electron chi connectivity index (χ4n) is 3.34. The Balaban J connectivity index is 0.00000176. The summed E-state index contributed by atoms with van der Waals surface area (Å²) >= 11 is 0. The number of unbranched alkanes of at least 4 members (excludes halogenated alkanes) is 1. The number of halogens is 1. The molecular formula is C20H26ClN. The van der Waals surface area contributed by atoms with Crippen molar-refractivity contribution in [3.8, 4) is 0 Å². The van der Waals surface area contributed by atoms with Gasteiger partial charge in [-0.25, -0.2) is 0 Å². The lowest BCUT2D eigenvalue weighted by Gasteiger charge is -2.26. The van der Waals surface area contributed by atoms with Gasteiger partial charge in [0, 0.05) is 6.04 Å². The van der Waals surface area contributed by atoms with Gasteiger partial charge in [-0.05, 0) is 61.8 Å². The predicted molar refractivity (Wildman–Crippen MR) is 96.8 cm³/mol. The molecule has 0 amide bonds. The van der Waals surface area contributed by atoms with Gasteiger partial charge in [-0.2, -0.15) is 0 Å². The van der Waals surface area contributed by atoms with E-state index < -0.39 is 0 Å². The topological polar surface area (TPSA) is 12.0 Å². The third-order valence-corrected chi connectivity index (χ3v) is 4.50. The average molecular weight is 316 g/mol. The molecule has 1 atom stereocenters. The van der Waals surface area contributed by atoms with Crippen LogP contribution in [0, 0.1) is 0 Å². The first-order valence-electron chi connectivity index (χ1n) is 8.28. The Morgan fingerprint density at radius 1 is 0.909 bits per heavy atom. The molecule has 1 aliphatic rings. The summed E-state index contributed by atoms with van der Waals surface area (Å²) in [5.41, 5.74) is 4.54. The maximum atomic E-state index is 3.76. The fourth-order valence-corrected chi connectivity index (χ4v) is 3.34. The van der Waals surface area contributed by atoms with Gasteiger partial charge in [0.1, 0.15) is 0 Å². The van der Waals surface area contributed by atoms with E-state index in [0.717, 1.165) is 6.54 Å². The molecule has 1 nitrogen and oxygen atoms in total. The molecule has 1 unspecified atom stereocenters. The van der Waals surface area contributed by atoms with Crippen LogP contribution in [-0.2, 0) is 12.8 Å². The molecule has 2 aromatic carbocycles. The van der Waals surface area contributed by atoms with Crippen molar-refractivity contribution in [2.45, 2.75) is 44.6 Å². The van der Waals surface area contributed by atoms with Crippen LogP contribution in [0.15, 0.2) is 54.6 Å². The largest absolute Gasteiger partial charge is 0.310 e. The Morgan fingerprint density at radius 3 is 2.55 bits per heavy atom. The molecule has 0 heterocycles. The van der Waals surface area contributed by atoms with Crippen LogP contribution >= 0.6 is 12.4 Å². The molecule has 3 rings (SSSR count). The molecule has 1 N–H and O–H groups in total. The van der Waals surface area contributed by atoms with E-state index >= 15 is 0 Å². The minimum Gasteiger partial charge on any atom is -0.310 e. The van der Waals surface area contributed by atoms with Gasteiger partial charge in [-0.3, -0.25) is 0 Å². The van der Waals surface area contributed by atoms with Crippen LogP contribution in [0.25, 0.3) is 0 Å². The molecule has 0 saturated carbocycles. The first kappa shape index (κ1) is 17.1. The highest BCUT2D eigenvalue weighted by molar-refractivity contribution is 5.85. The highest BCUT2D eigenvalue weighted by atomic mass is 35.5. The summed E-state index contributed by atoms with van der Waals surface area (Å²) in [5.74, 6) is 0. The summed E-state index contributed by atoms with van der Waals surface area (Å²) in [6, 6.07) is 20.3. The van der Waals surface area contributed by atoms with E-state index in [1.54, 1.807) is 5.56 Å². The lowest BCUT2D eigenvalue weighted by molar-refractivity contribution is 0.452. The summed E-state index contributed by atoms with van der Waals surface area (Å²) in [5, 5.41) is 3.76. The Labute approximate surface area is 140 Å². The third-order valence-electron chi connectivity index (χ3n) is 4.50. The van der Waals surface area contributed by atoms with Gasteiger partial charge in [0.2, 0.25) is 0 Å². The molecule has 118 valence electrons. The number of benzene rings is 2. The van der Waals surface area contributed by atoms with Crippen molar-refractivity contribution in [3.63, 3.8) is 0 Å². The number of nitrogens with one attached hydrogen (secondary N) is 1. The summed E-state index contributed by atoms with van der Waals surface area (Å²) in [7, 11) is 0. The van der Waals surface area contributed by atoms with Crippen molar-refractivity contribution in [3.05, 3.63) is 71.3 Å². The Kier molecular flexibility index (Phi) is 6.95. The van der Waals surface area contributed by atoms with Crippen molar-refractivity contribution in [2.75, 3.05) is 6.54 Å². The van der Waals surface area contributed by atoms with E-state index in [4.69, 9.17) is 0 Å². The normalized spacial score (nSPS) is 16.6. The summed E-state index contributed by atoms with van der Waals surface area (Å²) < 4.78 is 0. The predicted octanol–water partition coefficient (Wildman–Crippen LogP) is 5.10. The highest BCUT2D eigenvalue weighted by Gasteiger charge is 2.18. The maximum absolute atomic E-state index is 3.76. The van der Waals surface area contributed by atoms with Crippen molar-refractivity contribution >= 4 is 12.4 Å². The van der Waals surface area contributed by atoms with Crippen LogP contribution < -0.4 is 5.32 Å². The SMILES string of the molecule is Cl.c1ccc(CCCCNC2CCCc3ccccc32)cc1. The highest BCUT2D eigenvalue weighted by Crippen LogP contribution is 2.29. The second-order valence-electron chi connectivity index (χ2n) is 6.04. The molecule has 1 aliphatic carbocycles. The lowest BCUT2D eigenvalue weighted by atomic mass is 9.88. The van der Waals surface area contributed by atoms with Crippen LogP contribution in [0.1, 0.15) is 48.4 Å². The summed E-state index contributed by atoms with van der Waals surface area (Å²) in [6.07, 6.45) is 7.58. The van der Waals surface area contributed by atoms with E-state index in [0.29, 0.717) is 6.04 Å². The third kappa shape index (κ3) is 4.59. The van der Waals surface area contributed by atoms with Crippen molar-refractivity contribution < 1.29 is 0 Å². The zero-order valence-electron chi connectivity index (χ0n) is 13.1. The van der Waals surface area contributed by atoms with Crippen molar-refractivity contribution in [2.24, 2.45) is 0 Å². The smallest absolute Gasteiger partial charge is 0.0323 e. The van der Waals surface area contributed by atoms with E-state index in [1.807, 2.05) is 0 Å². The molecule has 0 spiro atoms. The zero-order chi connectivity index (χ0) is 14.3. The van der Waals surface area contributed by atoms with Crippen LogP contribution in [0.5, 0.6) is 0 Å². The lowest BCUT2D eigenvalue weighted by Crippen LogP contribution is -2.26. The summed E-state index contributed by atoms with van der Waals surface area (Å²) in [4.78, 5) is 0. The second kappa shape index (κ2) is 8.97. The Bertz CT molecular complexity index is 553. The number of hydrogen-bond donors (Lipinski definition) is 1. The number of aryl methyl sites for hydroxylation is 2. The van der Waals surface area contributed by atoms with Crippen LogP contribution in [0.3, 0.4) is 0 Å². The molecule has 2 heteroatoms. The van der Waals surface area contributed by atoms with E-state index in [-0.39, 0.29) is 12.4 Å². The number of rotatable bonds is 6. The molecule has 0 aliphatic heterocycles. The minimum absolute atomic E-state index is 0. The molecule has 0 fully saturated rings. The second-order valence-corrected chi connectivity index (χ2v) is 6.04. The van der Waals surface area contributed by atoms with Crippen LogP contribution in [0.2, 0.25) is 0 Å². The monoisotopic (exact) mass is 315 g/mol. The standard InChI is InChI=1S/C20H25N.ClH/c1-2-9-17(10-3-1)11-6-7-16-21-20-15-8-13-18-12-4-5-14-19(18)20;/h1-5,9-10,12,14,20-21H,6-8,11,13,15-16H2;1H. The van der Waals surface area contributed by atoms with Gasteiger partial charge < -0.3 is 5.32 Å². The molecule has 0 aromatic heterocycles. The van der Waals surface area contributed by atoms with E-state index in [1.165, 1.54) is 49.7 Å². The molecule has 0 bridgehead atoms. The Morgan fingerprint density at radius 2 is 1.68 bits per heavy atom. The van der Waals surface area contributed by atoms with Gasteiger partial charge in [0.25, 0.3) is 0 Å². The van der Waals surface area contributed by atoms with Crippen molar-refractivity contribution in [1.29, 1.82) is 0 Å². The number of hydrogen-bond acceptors (Lipinski definition) is 1. The van der Waals surface area contributed by atoms with Gasteiger partial charge >= 0.3 is 0 Å². The quantitative estimate of drug-likeness (QED) is 0.731. The first-order valence-corrected chi connectivity index (χ1v) is 8.28. The van der Waals surface area contributed by atoms with Gasteiger partial charge in [0.05, 0.1) is 0 Å². The van der Waals surface area contributed by atoms with Crippen LogP contribution in [-0.4, -0.2) is 6.54 Å². The maximum Gasteiger partial charge on any atom is 0.0323 e. The molecule has 0 radical (unpaired) electrons. The van der Waals surface area contributed by atoms with Crippen molar-refractivity contribution in [1.82, 2.24) is 5.32 Å². The van der Waals surface area contributed by atoms with Crippen LogP contribution in [0.4, 0.5) is 0 Å². The summed E-state index contributed by atoms with van der Waals surface area (Å²) in [6.45, 7) is 1.13. The molecule has 2 aromatic rings. The molecule has 22 heavy (non-hydrogen) atoms. The zero-order valence-corrected chi connectivity index (χ0v) is 13.9. The van der Waals surface area contributed by atoms with Gasteiger partial charge in [-0.15, -0.1) is 12.4 Å². The van der Waals surface area contributed by atoms with E-state index in [2.05, 4.69) is 59.9 Å². The molecular weight excluding hydrogens is 290 g/mol. The van der Waals surface area contributed by atoms with E-state index in [9.17, 15) is 0 Å². The Hall–Kier alpha value is -1.31. The number of fused-ring (bicyclic) bond motifs is 1. The first-order chi connectivity index (χ1) is 10.4. The van der Waals surface area contributed by atoms with Gasteiger partial charge in [0.15, 0.2) is 0 Å². The van der Waals surface area contributed by atoms with Gasteiger partial charge in [-0.1, -0.05) is 54.6 Å². The average Bonchev–Trinajstić information content (AvgIpc) is 2.56. The fraction of sp³-hybridized carbons (Fsp3) is 0.400. The minimum atomic E-state index is 0. The molecule has 0 saturated heterocycles.